The molecule has 2 heterocycles. The predicted molar refractivity (Wildman–Crippen MR) is 146 cm³/mol. The number of fused-ring (bicyclic) bond motifs is 3. The van der Waals surface area contributed by atoms with Gasteiger partial charge in [-0.2, -0.15) is 0 Å². The van der Waals surface area contributed by atoms with Crippen LogP contribution in [-0.2, 0) is 7.05 Å². The Balaban J connectivity index is 1.43. The van der Waals surface area contributed by atoms with Crippen LogP contribution in [0.1, 0.15) is 86.0 Å². The Hall–Kier alpha value is -2.68. The van der Waals surface area contributed by atoms with Gasteiger partial charge in [-0.3, -0.25) is 0 Å². The second-order valence-corrected chi connectivity index (χ2v) is 11.7. The van der Waals surface area contributed by atoms with E-state index in [4.69, 9.17) is 4.42 Å². The molecule has 0 bridgehead atoms. The van der Waals surface area contributed by atoms with E-state index >= 15 is 4.39 Å². The smallest absolute Gasteiger partial charge is 0.216 e. The molecule has 0 N–H and O–H groups in total. The quantitative estimate of drug-likeness (QED) is 0.265. The van der Waals surface area contributed by atoms with Gasteiger partial charge in [-0.25, -0.2) is 8.96 Å². The molecule has 0 spiro atoms. The van der Waals surface area contributed by atoms with E-state index in [-0.39, 0.29) is 11.7 Å². The summed E-state index contributed by atoms with van der Waals surface area (Å²) in [5.41, 5.74) is 8.42. The fraction of sp³-hybridized carbons (Fsp3) is 0.485. The van der Waals surface area contributed by atoms with E-state index in [1.165, 1.54) is 61.6 Å². The van der Waals surface area contributed by atoms with Crippen molar-refractivity contribution in [2.24, 2.45) is 18.9 Å². The Morgan fingerprint density at radius 1 is 0.750 bits per heavy atom. The summed E-state index contributed by atoms with van der Waals surface area (Å²) in [6.07, 6.45) is 13.8. The van der Waals surface area contributed by atoms with Crippen LogP contribution in [0, 0.1) is 38.4 Å². The lowest BCUT2D eigenvalue weighted by atomic mass is 9.70. The largest absolute Gasteiger partial charge is 0.455 e. The second-order valence-electron chi connectivity index (χ2n) is 11.7. The number of halogens is 1. The molecule has 2 aromatic heterocycles. The van der Waals surface area contributed by atoms with Gasteiger partial charge >= 0.3 is 0 Å². The lowest BCUT2D eigenvalue weighted by molar-refractivity contribution is -0.660. The topological polar surface area (TPSA) is 17.0 Å². The van der Waals surface area contributed by atoms with Gasteiger partial charge in [0, 0.05) is 28.0 Å². The summed E-state index contributed by atoms with van der Waals surface area (Å²) in [5, 5.41) is 2.13. The average molecular weight is 485 g/mol. The molecule has 188 valence electrons. The Labute approximate surface area is 214 Å². The number of nitrogens with zero attached hydrogens (tertiary/aromatic N) is 1. The van der Waals surface area contributed by atoms with Crippen LogP contribution in [-0.4, -0.2) is 0 Å². The monoisotopic (exact) mass is 484 g/mol. The van der Waals surface area contributed by atoms with Gasteiger partial charge in [-0.1, -0.05) is 44.2 Å². The van der Waals surface area contributed by atoms with Gasteiger partial charge in [0.2, 0.25) is 5.69 Å². The highest BCUT2D eigenvalue weighted by Gasteiger charge is 2.32. The van der Waals surface area contributed by atoms with Crippen LogP contribution >= 0.6 is 0 Å². The first-order valence-electron chi connectivity index (χ1n) is 14.0. The van der Waals surface area contributed by atoms with Crippen LogP contribution in [0.3, 0.4) is 0 Å². The summed E-state index contributed by atoms with van der Waals surface area (Å²) in [4.78, 5) is 0. The molecule has 0 saturated heterocycles. The van der Waals surface area contributed by atoms with Gasteiger partial charge in [0.25, 0.3) is 0 Å². The summed E-state index contributed by atoms with van der Waals surface area (Å²) < 4.78 is 24.4. The highest BCUT2D eigenvalue weighted by molar-refractivity contribution is 6.10. The lowest BCUT2D eigenvalue weighted by Gasteiger charge is -2.36. The minimum atomic E-state index is -0.0994. The number of furan rings is 1. The maximum atomic E-state index is 15.5. The molecule has 2 aliphatic rings. The van der Waals surface area contributed by atoms with Crippen molar-refractivity contribution in [2.45, 2.75) is 84.5 Å². The normalized spacial score (nSPS) is 21.5. The van der Waals surface area contributed by atoms with Crippen molar-refractivity contribution in [3.05, 3.63) is 64.6 Å². The van der Waals surface area contributed by atoms with Crippen molar-refractivity contribution in [3.8, 4) is 11.3 Å². The number of pyridine rings is 1. The van der Waals surface area contributed by atoms with E-state index in [1.807, 2.05) is 6.07 Å². The third-order valence-electron chi connectivity index (χ3n) is 9.50. The minimum Gasteiger partial charge on any atom is -0.455 e. The minimum absolute atomic E-state index is 0.0994. The molecule has 2 nitrogen and oxygen atoms in total. The fourth-order valence-corrected chi connectivity index (χ4v) is 7.31. The summed E-state index contributed by atoms with van der Waals surface area (Å²) >= 11 is 0. The molecule has 0 atom stereocenters. The molecule has 6 rings (SSSR count). The molecule has 3 heteroatoms. The van der Waals surface area contributed by atoms with Gasteiger partial charge in [-0.15, -0.1) is 0 Å². The highest BCUT2D eigenvalue weighted by atomic mass is 19.1. The predicted octanol–water partition coefficient (Wildman–Crippen LogP) is 9.00. The van der Waals surface area contributed by atoms with Crippen LogP contribution in [0.15, 0.2) is 40.9 Å². The molecule has 0 radical (unpaired) electrons. The molecule has 0 aliphatic heterocycles. The Morgan fingerprint density at radius 2 is 1.42 bits per heavy atom. The SMILES string of the molecule is Cc1cc(-c2c(C)ccc3c2oc2c(C4CCC(C5CCCCC5)CC4)c(F)ccc23)[n+](C)cc1C. The van der Waals surface area contributed by atoms with E-state index in [1.54, 1.807) is 6.07 Å². The van der Waals surface area contributed by atoms with E-state index in [0.29, 0.717) is 0 Å². The van der Waals surface area contributed by atoms with Crippen LogP contribution in [0.25, 0.3) is 33.2 Å². The van der Waals surface area contributed by atoms with Gasteiger partial charge < -0.3 is 4.42 Å². The van der Waals surface area contributed by atoms with Crippen LogP contribution in [0.4, 0.5) is 4.39 Å². The summed E-state index contributed by atoms with van der Waals surface area (Å²) in [6, 6.07) is 10.2. The van der Waals surface area contributed by atoms with Crippen LogP contribution in [0.5, 0.6) is 0 Å². The number of aryl methyl sites for hydroxylation is 4. The Kier molecular flexibility index (Phi) is 6.14. The molecule has 2 saturated carbocycles. The van der Waals surface area contributed by atoms with Gasteiger partial charge in [0.05, 0.1) is 5.56 Å². The van der Waals surface area contributed by atoms with E-state index in [0.717, 1.165) is 63.4 Å². The molecule has 4 aromatic rings. The number of hydrogen-bond acceptors (Lipinski definition) is 1. The molecule has 0 unspecified atom stereocenters. The molecule has 0 amide bonds. The molecule has 2 aliphatic carbocycles. The molecule has 2 fully saturated rings. The van der Waals surface area contributed by atoms with E-state index < -0.39 is 0 Å². The summed E-state index contributed by atoms with van der Waals surface area (Å²) in [7, 11) is 2.10. The summed E-state index contributed by atoms with van der Waals surface area (Å²) in [5.74, 6) is 1.88. The number of benzene rings is 2. The first-order valence-corrected chi connectivity index (χ1v) is 14.0. The third kappa shape index (κ3) is 3.96. The van der Waals surface area contributed by atoms with Crippen molar-refractivity contribution >= 4 is 21.9 Å². The first kappa shape index (κ1) is 23.7. The molecule has 2 aromatic carbocycles. The van der Waals surface area contributed by atoms with Crippen molar-refractivity contribution in [2.75, 3.05) is 0 Å². The van der Waals surface area contributed by atoms with Crippen LogP contribution < -0.4 is 4.57 Å². The molecular weight excluding hydrogens is 445 g/mol. The van der Waals surface area contributed by atoms with Crippen molar-refractivity contribution < 1.29 is 13.4 Å². The zero-order valence-electron chi connectivity index (χ0n) is 22.3. The Bertz CT molecular complexity index is 1430. The molecular formula is C33H39FNO+. The Morgan fingerprint density at radius 3 is 2.17 bits per heavy atom. The maximum Gasteiger partial charge on any atom is 0.216 e. The second kappa shape index (κ2) is 9.32. The number of rotatable bonds is 3. The number of aromatic nitrogens is 1. The van der Waals surface area contributed by atoms with Crippen LogP contribution in [0.2, 0.25) is 0 Å². The fourth-order valence-electron chi connectivity index (χ4n) is 7.31. The lowest BCUT2D eigenvalue weighted by Crippen LogP contribution is -2.31. The van der Waals surface area contributed by atoms with Crippen molar-refractivity contribution in [3.63, 3.8) is 0 Å². The highest BCUT2D eigenvalue weighted by Crippen LogP contribution is 2.47. The third-order valence-corrected chi connectivity index (χ3v) is 9.50. The standard InChI is InChI=1S/C33H39FNO/c1-20-10-15-26-27-16-17-28(34)31(25-13-11-24(12-14-25)23-8-6-5-7-9-23)33(27)36-32(26)30(20)29-18-21(2)22(3)19-35(29)4/h10,15-19,23-25H,5-9,11-14H2,1-4H3/q+1. The average Bonchev–Trinajstić information content (AvgIpc) is 3.25. The van der Waals surface area contributed by atoms with Gasteiger partial charge in [0.15, 0.2) is 6.20 Å². The van der Waals surface area contributed by atoms with Crippen molar-refractivity contribution in [1.82, 2.24) is 0 Å². The molecule has 36 heavy (non-hydrogen) atoms. The maximum absolute atomic E-state index is 15.5. The van der Waals surface area contributed by atoms with E-state index in [2.05, 4.69) is 56.8 Å². The summed E-state index contributed by atoms with van der Waals surface area (Å²) in [6.45, 7) is 6.45. The van der Waals surface area contributed by atoms with Crippen molar-refractivity contribution in [1.29, 1.82) is 0 Å². The first-order chi connectivity index (χ1) is 17.4. The zero-order chi connectivity index (χ0) is 25.0. The van der Waals surface area contributed by atoms with Gasteiger partial charge in [-0.05, 0) is 87.5 Å². The van der Waals surface area contributed by atoms with Gasteiger partial charge in [0.1, 0.15) is 24.0 Å². The zero-order valence-corrected chi connectivity index (χ0v) is 22.3. The number of hydrogen-bond donors (Lipinski definition) is 0. The van der Waals surface area contributed by atoms with E-state index in [9.17, 15) is 0 Å².